The highest BCUT2D eigenvalue weighted by Crippen LogP contribution is 2.38. The van der Waals surface area contributed by atoms with Crippen molar-refractivity contribution in [3.05, 3.63) is 0 Å². The highest BCUT2D eigenvalue weighted by atomic mass is 32.2. The van der Waals surface area contributed by atoms with E-state index in [0.717, 1.165) is 24.5 Å². The van der Waals surface area contributed by atoms with E-state index < -0.39 is 9.84 Å². The zero-order valence-corrected chi connectivity index (χ0v) is 13.1. The monoisotopic (exact) mass is 303 g/mol. The van der Waals surface area contributed by atoms with Crippen molar-refractivity contribution in [1.82, 2.24) is 4.37 Å². The molecule has 1 fully saturated rings. The first kappa shape index (κ1) is 14.6. The number of nitrogens with two attached hydrogens (primary N) is 1. The summed E-state index contributed by atoms with van der Waals surface area (Å²) >= 11 is 1.21. The molecule has 1 aromatic rings. The van der Waals surface area contributed by atoms with Crippen LogP contribution in [0.1, 0.15) is 33.1 Å². The normalized spacial score (nSPS) is 20.1. The summed E-state index contributed by atoms with van der Waals surface area (Å²) in [5, 5.41) is 0.734. The molecule has 0 radical (unpaired) electrons. The Balaban J connectivity index is 2.28. The van der Waals surface area contributed by atoms with Gasteiger partial charge in [-0.05, 0) is 30.3 Å². The molecule has 1 aliphatic heterocycles. The Hall–Kier alpha value is -0.820. The Morgan fingerprint density at radius 1 is 1.47 bits per heavy atom. The molecule has 1 saturated heterocycles. The van der Waals surface area contributed by atoms with E-state index in [2.05, 4.69) is 16.2 Å². The summed E-state index contributed by atoms with van der Waals surface area (Å²) in [7, 11) is -3.30. The molecular weight excluding hydrogens is 282 g/mol. The molecule has 1 aromatic heterocycles. The second-order valence-electron chi connectivity index (χ2n) is 4.99. The number of hydrogen-bond donors (Lipinski definition) is 1. The lowest BCUT2D eigenvalue weighted by Gasteiger charge is -2.17. The van der Waals surface area contributed by atoms with Crippen LogP contribution in [0.2, 0.25) is 0 Å². The SMILES string of the molecule is CCCC1CCN(c2snc(N)c2S(=O)(=O)CC)C1. The van der Waals surface area contributed by atoms with Crippen LogP contribution in [-0.2, 0) is 9.84 Å². The molecule has 1 aliphatic rings. The van der Waals surface area contributed by atoms with Crippen LogP contribution in [0, 0.1) is 5.92 Å². The van der Waals surface area contributed by atoms with Crippen LogP contribution in [0.5, 0.6) is 0 Å². The highest BCUT2D eigenvalue weighted by molar-refractivity contribution is 7.91. The van der Waals surface area contributed by atoms with Gasteiger partial charge in [0.05, 0.1) is 5.75 Å². The third kappa shape index (κ3) is 2.86. The smallest absolute Gasteiger partial charge is 0.184 e. The molecule has 2 N–H and O–H groups in total. The molecule has 0 saturated carbocycles. The standard InChI is InChI=1S/C12H21N3O2S2/c1-3-5-9-6-7-15(8-9)12-10(11(13)14-18-12)19(16,17)4-2/h9H,3-8H2,1-2H3,(H2,13,14). The first-order valence-electron chi connectivity index (χ1n) is 6.72. The van der Waals surface area contributed by atoms with E-state index in [1.165, 1.54) is 24.4 Å². The Kier molecular flexibility index (Phi) is 4.35. The van der Waals surface area contributed by atoms with Crippen molar-refractivity contribution in [3.63, 3.8) is 0 Å². The van der Waals surface area contributed by atoms with Gasteiger partial charge in [0.25, 0.3) is 0 Å². The number of rotatable bonds is 5. The van der Waals surface area contributed by atoms with Gasteiger partial charge in [-0.1, -0.05) is 20.3 Å². The first-order valence-corrected chi connectivity index (χ1v) is 9.15. The van der Waals surface area contributed by atoms with E-state index in [4.69, 9.17) is 5.73 Å². The topological polar surface area (TPSA) is 76.3 Å². The largest absolute Gasteiger partial charge is 0.382 e. The van der Waals surface area contributed by atoms with Crippen molar-refractivity contribution < 1.29 is 8.42 Å². The number of sulfone groups is 1. The zero-order chi connectivity index (χ0) is 14.0. The van der Waals surface area contributed by atoms with E-state index >= 15 is 0 Å². The van der Waals surface area contributed by atoms with Gasteiger partial charge in [-0.3, -0.25) is 0 Å². The molecule has 0 amide bonds. The van der Waals surface area contributed by atoms with Gasteiger partial charge < -0.3 is 10.6 Å². The average Bonchev–Trinajstić information content (AvgIpc) is 2.96. The number of nitrogen functional groups attached to an aromatic ring is 1. The van der Waals surface area contributed by atoms with Gasteiger partial charge in [-0.15, -0.1) is 0 Å². The summed E-state index contributed by atoms with van der Waals surface area (Å²) in [6, 6.07) is 0. The molecule has 0 aromatic carbocycles. The van der Waals surface area contributed by atoms with E-state index in [0.29, 0.717) is 5.92 Å². The Morgan fingerprint density at radius 3 is 2.84 bits per heavy atom. The minimum absolute atomic E-state index is 0.0643. The van der Waals surface area contributed by atoms with Crippen LogP contribution in [-0.4, -0.2) is 31.6 Å². The van der Waals surface area contributed by atoms with Crippen LogP contribution in [0.25, 0.3) is 0 Å². The van der Waals surface area contributed by atoms with E-state index in [9.17, 15) is 8.42 Å². The number of aromatic nitrogens is 1. The Labute approximate surface area is 118 Å². The fourth-order valence-electron chi connectivity index (χ4n) is 2.58. The predicted octanol–water partition coefficient (Wildman–Crippen LogP) is 2.15. The molecule has 0 spiro atoms. The summed E-state index contributed by atoms with van der Waals surface area (Å²) in [4.78, 5) is 2.38. The molecule has 5 nitrogen and oxygen atoms in total. The fraction of sp³-hybridized carbons (Fsp3) is 0.750. The molecule has 2 rings (SSSR count). The molecule has 7 heteroatoms. The van der Waals surface area contributed by atoms with Crippen molar-refractivity contribution in [2.45, 2.75) is 38.0 Å². The average molecular weight is 303 g/mol. The first-order chi connectivity index (χ1) is 8.99. The maximum atomic E-state index is 12.1. The van der Waals surface area contributed by atoms with Gasteiger partial charge >= 0.3 is 0 Å². The van der Waals surface area contributed by atoms with Crippen LogP contribution in [0.4, 0.5) is 10.8 Å². The van der Waals surface area contributed by atoms with E-state index in [-0.39, 0.29) is 16.5 Å². The number of nitrogens with zero attached hydrogens (tertiary/aromatic N) is 2. The van der Waals surface area contributed by atoms with Gasteiger partial charge in [-0.25, -0.2) is 8.42 Å². The second kappa shape index (κ2) is 5.66. The molecule has 108 valence electrons. The summed E-state index contributed by atoms with van der Waals surface area (Å²) in [5.74, 6) is 0.876. The summed E-state index contributed by atoms with van der Waals surface area (Å²) < 4.78 is 28.3. The second-order valence-corrected chi connectivity index (χ2v) is 7.96. The third-order valence-electron chi connectivity index (χ3n) is 3.62. The molecule has 1 atom stereocenters. The minimum atomic E-state index is -3.30. The van der Waals surface area contributed by atoms with Gasteiger partial charge in [0.15, 0.2) is 15.7 Å². The lowest BCUT2D eigenvalue weighted by atomic mass is 10.0. The van der Waals surface area contributed by atoms with Crippen LogP contribution < -0.4 is 10.6 Å². The summed E-state index contributed by atoms with van der Waals surface area (Å²) in [6.07, 6.45) is 3.49. The Morgan fingerprint density at radius 2 is 2.21 bits per heavy atom. The lowest BCUT2D eigenvalue weighted by Crippen LogP contribution is -2.21. The Bertz CT molecular complexity index is 539. The van der Waals surface area contributed by atoms with Crippen molar-refractivity contribution in [2.75, 3.05) is 29.5 Å². The van der Waals surface area contributed by atoms with Crippen molar-refractivity contribution >= 4 is 32.2 Å². The highest BCUT2D eigenvalue weighted by Gasteiger charge is 2.31. The molecule has 0 aliphatic carbocycles. The number of anilines is 2. The van der Waals surface area contributed by atoms with Crippen molar-refractivity contribution in [2.24, 2.45) is 5.92 Å². The van der Waals surface area contributed by atoms with Crippen LogP contribution in [0.3, 0.4) is 0 Å². The van der Waals surface area contributed by atoms with Gasteiger partial charge in [0.2, 0.25) is 0 Å². The van der Waals surface area contributed by atoms with Crippen molar-refractivity contribution in [1.29, 1.82) is 0 Å². The quantitative estimate of drug-likeness (QED) is 0.902. The van der Waals surface area contributed by atoms with Gasteiger partial charge in [-0.2, -0.15) is 4.37 Å². The zero-order valence-electron chi connectivity index (χ0n) is 11.4. The molecule has 19 heavy (non-hydrogen) atoms. The molecule has 0 bridgehead atoms. The maximum absolute atomic E-state index is 12.1. The third-order valence-corrected chi connectivity index (χ3v) is 6.46. The maximum Gasteiger partial charge on any atom is 0.184 e. The fourth-order valence-corrected chi connectivity index (χ4v) is 4.93. The molecular formula is C12H21N3O2S2. The van der Waals surface area contributed by atoms with Crippen LogP contribution >= 0.6 is 11.5 Å². The van der Waals surface area contributed by atoms with Gasteiger partial charge in [0.1, 0.15) is 9.90 Å². The van der Waals surface area contributed by atoms with Crippen LogP contribution in [0.15, 0.2) is 4.90 Å². The predicted molar refractivity (Wildman–Crippen MR) is 79.5 cm³/mol. The van der Waals surface area contributed by atoms with E-state index in [1.807, 2.05) is 0 Å². The molecule has 1 unspecified atom stereocenters. The minimum Gasteiger partial charge on any atom is -0.382 e. The van der Waals surface area contributed by atoms with Gasteiger partial charge in [0, 0.05) is 13.1 Å². The summed E-state index contributed by atoms with van der Waals surface area (Å²) in [5.41, 5.74) is 5.76. The summed E-state index contributed by atoms with van der Waals surface area (Å²) in [6.45, 7) is 5.64. The molecule has 2 heterocycles. The van der Waals surface area contributed by atoms with Crippen molar-refractivity contribution in [3.8, 4) is 0 Å². The van der Waals surface area contributed by atoms with E-state index in [1.54, 1.807) is 6.92 Å². The lowest BCUT2D eigenvalue weighted by molar-refractivity contribution is 0.530. The number of hydrogen-bond acceptors (Lipinski definition) is 6.